The van der Waals surface area contributed by atoms with E-state index in [1.165, 1.54) is 5.38 Å². The fraction of sp³-hybridized carbons (Fsp3) is 0.0769. The molecule has 0 fully saturated rings. The van der Waals surface area contributed by atoms with Gasteiger partial charge in [0.2, 0.25) is 5.78 Å². The molecule has 0 aliphatic carbocycles. The Kier molecular flexibility index (Phi) is 2.90. The molecule has 3 aromatic rings. The van der Waals surface area contributed by atoms with Gasteiger partial charge < -0.3 is 15.2 Å². The third kappa shape index (κ3) is 2.06. The molecular formula is C13H10N2O3S. The third-order valence-electron chi connectivity index (χ3n) is 2.81. The molecule has 6 heteroatoms. The number of carbonyl (C=O) groups excluding carboxylic acids is 1. The number of nitrogens with zero attached hydrogens (tertiary/aromatic N) is 1. The summed E-state index contributed by atoms with van der Waals surface area (Å²) in [6.45, 7) is 0. The van der Waals surface area contributed by atoms with Crippen LogP contribution >= 0.6 is 11.3 Å². The fourth-order valence-electron chi connectivity index (χ4n) is 1.88. The third-order valence-corrected chi connectivity index (χ3v) is 3.67. The van der Waals surface area contributed by atoms with E-state index < -0.39 is 6.29 Å². The minimum Gasteiger partial charge on any atom is -0.363 e. The lowest BCUT2D eigenvalue weighted by Gasteiger charge is -1.96. The van der Waals surface area contributed by atoms with E-state index in [0.717, 1.165) is 22.2 Å². The molecule has 0 aliphatic rings. The first kappa shape index (κ1) is 12.0. The zero-order valence-electron chi connectivity index (χ0n) is 9.70. The molecule has 0 amide bonds. The van der Waals surface area contributed by atoms with Gasteiger partial charge >= 0.3 is 0 Å². The molecule has 0 bridgehead atoms. The van der Waals surface area contributed by atoms with E-state index in [-0.39, 0.29) is 16.5 Å². The predicted molar refractivity (Wildman–Crippen MR) is 71.0 cm³/mol. The van der Waals surface area contributed by atoms with Crippen molar-refractivity contribution in [2.75, 3.05) is 0 Å². The van der Waals surface area contributed by atoms with Crippen LogP contribution in [0.5, 0.6) is 0 Å². The normalized spacial score (nSPS) is 11.3. The van der Waals surface area contributed by atoms with Crippen LogP contribution in [0.25, 0.3) is 10.9 Å². The van der Waals surface area contributed by atoms with Crippen LogP contribution in [0.15, 0.2) is 35.8 Å². The summed E-state index contributed by atoms with van der Waals surface area (Å²) in [5, 5.41) is 20.5. The van der Waals surface area contributed by atoms with Gasteiger partial charge in [-0.2, -0.15) is 0 Å². The number of hydrogen-bond donors (Lipinski definition) is 3. The Balaban J connectivity index is 2.03. The maximum atomic E-state index is 12.3. The highest BCUT2D eigenvalue weighted by Gasteiger charge is 2.18. The summed E-state index contributed by atoms with van der Waals surface area (Å²) in [6, 6.07) is 7.49. The molecule has 0 spiro atoms. The second kappa shape index (κ2) is 4.58. The standard InChI is InChI=1S/C13H10N2O3S/c16-11(12-15-10(6-19-12)13(17)18)8-5-14-9-4-2-1-3-7(8)9/h1-6,13-14,17-18H. The summed E-state index contributed by atoms with van der Waals surface area (Å²) in [7, 11) is 0. The SMILES string of the molecule is O=C(c1nc(C(O)O)cs1)c1c[nH]c2ccccc12. The van der Waals surface area contributed by atoms with Gasteiger partial charge in [0, 0.05) is 22.5 Å². The molecule has 0 saturated heterocycles. The average molecular weight is 274 g/mol. The molecule has 0 unspecified atom stereocenters. The minimum atomic E-state index is -1.65. The molecule has 19 heavy (non-hydrogen) atoms. The van der Waals surface area contributed by atoms with Gasteiger partial charge in [-0.3, -0.25) is 4.79 Å². The number of ketones is 1. The molecule has 96 valence electrons. The summed E-state index contributed by atoms with van der Waals surface area (Å²) in [5.74, 6) is -0.227. The first-order valence-electron chi connectivity index (χ1n) is 5.59. The van der Waals surface area contributed by atoms with E-state index >= 15 is 0 Å². The van der Waals surface area contributed by atoms with E-state index in [9.17, 15) is 4.79 Å². The Hall–Kier alpha value is -2.02. The largest absolute Gasteiger partial charge is 0.363 e. The van der Waals surface area contributed by atoms with Gasteiger partial charge in [-0.1, -0.05) is 18.2 Å². The van der Waals surface area contributed by atoms with E-state index in [2.05, 4.69) is 9.97 Å². The number of para-hydroxylation sites is 1. The number of thiazole rings is 1. The van der Waals surface area contributed by atoms with E-state index in [1.54, 1.807) is 6.20 Å². The van der Waals surface area contributed by atoms with Crippen molar-refractivity contribution in [1.29, 1.82) is 0 Å². The quantitative estimate of drug-likeness (QED) is 0.502. The van der Waals surface area contributed by atoms with Crippen molar-refractivity contribution in [2.45, 2.75) is 6.29 Å². The van der Waals surface area contributed by atoms with E-state index in [1.807, 2.05) is 24.3 Å². The Morgan fingerprint density at radius 1 is 1.32 bits per heavy atom. The molecule has 2 aromatic heterocycles. The Labute approximate surface area is 112 Å². The molecule has 1 aromatic carbocycles. The highest BCUT2D eigenvalue weighted by atomic mass is 32.1. The lowest BCUT2D eigenvalue weighted by molar-refractivity contribution is -0.0454. The Morgan fingerprint density at radius 3 is 2.84 bits per heavy atom. The fourth-order valence-corrected chi connectivity index (χ4v) is 2.67. The molecule has 3 rings (SSSR count). The van der Waals surface area contributed by atoms with Gasteiger partial charge in [-0.15, -0.1) is 11.3 Å². The summed E-state index contributed by atoms with van der Waals surface area (Å²) >= 11 is 1.10. The zero-order valence-corrected chi connectivity index (χ0v) is 10.5. The number of rotatable bonds is 3. The van der Waals surface area contributed by atoms with Crippen LogP contribution in [0.3, 0.4) is 0 Å². The molecule has 3 N–H and O–H groups in total. The first-order valence-corrected chi connectivity index (χ1v) is 6.47. The lowest BCUT2D eigenvalue weighted by Crippen LogP contribution is -2.02. The smallest absolute Gasteiger partial charge is 0.223 e. The van der Waals surface area contributed by atoms with Gasteiger partial charge in [0.25, 0.3) is 0 Å². The monoisotopic (exact) mass is 274 g/mol. The Bertz CT molecular complexity index is 745. The predicted octanol–water partition coefficient (Wildman–Crippen LogP) is 1.84. The molecule has 5 nitrogen and oxygen atoms in total. The zero-order chi connectivity index (χ0) is 13.4. The number of aromatic nitrogens is 2. The number of H-pyrrole nitrogens is 1. The number of benzene rings is 1. The van der Waals surface area contributed by atoms with Crippen molar-refractivity contribution >= 4 is 28.0 Å². The number of aliphatic hydroxyl groups is 2. The van der Waals surface area contributed by atoms with Crippen LogP contribution in [0.2, 0.25) is 0 Å². The maximum Gasteiger partial charge on any atom is 0.223 e. The molecule has 0 saturated carbocycles. The van der Waals surface area contributed by atoms with Gasteiger partial charge in [-0.25, -0.2) is 4.98 Å². The summed E-state index contributed by atoms with van der Waals surface area (Å²) in [5.41, 5.74) is 1.50. The van der Waals surface area contributed by atoms with Crippen LogP contribution in [-0.4, -0.2) is 26.0 Å². The highest BCUT2D eigenvalue weighted by Crippen LogP contribution is 2.23. The lowest BCUT2D eigenvalue weighted by atomic mass is 10.1. The van der Waals surface area contributed by atoms with Crippen LogP contribution in [0.1, 0.15) is 27.3 Å². The summed E-state index contributed by atoms with van der Waals surface area (Å²) < 4.78 is 0. The molecule has 0 atom stereocenters. The average Bonchev–Trinajstić information content (AvgIpc) is 3.05. The second-order valence-electron chi connectivity index (χ2n) is 4.03. The highest BCUT2D eigenvalue weighted by molar-refractivity contribution is 7.12. The number of aliphatic hydroxyl groups excluding tert-OH is 1. The van der Waals surface area contributed by atoms with Crippen molar-refractivity contribution in [3.05, 3.63) is 52.1 Å². The summed E-state index contributed by atoms with van der Waals surface area (Å²) in [6.07, 6.45) is -0.00976. The van der Waals surface area contributed by atoms with E-state index in [4.69, 9.17) is 10.2 Å². The molecule has 0 radical (unpaired) electrons. The minimum absolute atomic E-state index is 0.0909. The van der Waals surface area contributed by atoms with Gasteiger partial charge in [0.1, 0.15) is 5.69 Å². The van der Waals surface area contributed by atoms with Crippen molar-refractivity contribution in [3.8, 4) is 0 Å². The molecular weight excluding hydrogens is 264 g/mol. The van der Waals surface area contributed by atoms with E-state index in [0.29, 0.717) is 5.56 Å². The van der Waals surface area contributed by atoms with Gasteiger partial charge in [0.15, 0.2) is 11.3 Å². The number of aromatic amines is 1. The molecule has 0 aliphatic heterocycles. The molecule has 2 heterocycles. The van der Waals surface area contributed by atoms with Gasteiger partial charge in [0.05, 0.1) is 5.56 Å². The van der Waals surface area contributed by atoms with Crippen molar-refractivity contribution in [1.82, 2.24) is 9.97 Å². The second-order valence-corrected chi connectivity index (χ2v) is 4.89. The topological polar surface area (TPSA) is 86.2 Å². The number of carbonyl (C=O) groups is 1. The van der Waals surface area contributed by atoms with Crippen LogP contribution < -0.4 is 0 Å². The number of hydrogen-bond acceptors (Lipinski definition) is 5. The van der Waals surface area contributed by atoms with Crippen molar-refractivity contribution in [3.63, 3.8) is 0 Å². The number of nitrogens with one attached hydrogen (secondary N) is 1. The number of fused-ring (bicyclic) bond motifs is 1. The summed E-state index contributed by atoms with van der Waals surface area (Å²) in [4.78, 5) is 19.3. The van der Waals surface area contributed by atoms with Gasteiger partial charge in [-0.05, 0) is 6.07 Å². The van der Waals surface area contributed by atoms with Crippen molar-refractivity contribution < 1.29 is 15.0 Å². The Morgan fingerprint density at radius 2 is 2.11 bits per heavy atom. The first-order chi connectivity index (χ1) is 9.16. The van der Waals surface area contributed by atoms with Crippen LogP contribution in [-0.2, 0) is 0 Å². The van der Waals surface area contributed by atoms with Crippen molar-refractivity contribution in [2.24, 2.45) is 0 Å². The van der Waals surface area contributed by atoms with Crippen LogP contribution in [0.4, 0.5) is 0 Å². The maximum absolute atomic E-state index is 12.3. The van der Waals surface area contributed by atoms with Crippen LogP contribution in [0, 0.1) is 0 Å².